The molecule has 0 radical (unpaired) electrons. The van der Waals surface area contributed by atoms with E-state index in [0.717, 1.165) is 30.6 Å². The number of hydrogen-bond acceptors (Lipinski definition) is 5. The number of benzene rings is 1. The summed E-state index contributed by atoms with van der Waals surface area (Å²) in [6.45, 7) is 1.49. The molecule has 0 bridgehead atoms. The molecule has 1 aromatic carbocycles. The Morgan fingerprint density at radius 2 is 2.04 bits per heavy atom. The molecule has 0 aliphatic carbocycles. The highest BCUT2D eigenvalue weighted by molar-refractivity contribution is 7.89. The van der Waals surface area contributed by atoms with Crippen molar-refractivity contribution in [3.05, 3.63) is 48.3 Å². The fourth-order valence-electron chi connectivity index (χ4n) is 3.30. The third-order valence-electron chi connectivity index (χ3n) is 4.59. The average Bonchev–Trinajstić information content (AvgIpc) is 3.10. The minimum absolute atomic E-state index is 0.149. The second kappa shape index (κ2) is 6.65. The predicted octanol–water partition coefficient (Wildman–Crippen LogP) is 2.25. The molecule has 1 atom stereocenters. The zero-order valence-corrected chi connectivity index (χ0v) is 14.6. The van der Waals surface area contributed by atoms with Crippen molar-refractivity contribution in [3.63, 3.8) is 0 Å². The van der Waals surface area contributed by atoms with Crippen LogP contribution in [0.25, 0.3) is 0 Å². The van der Waals surface area contributed by atoms with E-state index in [1.165, 1.54) is 4.31 Å². The van der Waals surface area contributed by atoms with Crippen LogP contribution in [-0.2, 0) is 16.4 Å². The number of aromatic nitrogens is 1. The lowest BCUT2D eigenvalue weighted by molar-refractivity contribution is 0.129. The van der Waals surface area contributed by atoms with Crippen LogP contribution in [0.5, 0.6) is 11.5 Å². The van der Waals surface area contributed by atoms with E-state index in [0.29, 0.717) is 30.3 Å². The summed E-state index contributed by atoms with van der Waals surface area (Å²) >= 11 is 0. The fraction of sp³-hybridized carbons (Fsp3) is 0.389. The predicted molar refractivity (Wildman–Crippen MR) is 92.3 cm³/mol. The molecule has 1 saturated heterocycles. The summed E-state index contributed by atoms with van der Waals surface area (Å²) in [5.74, 6) is 1.51. The first kappa shape index (κ1) is 16.4. The number of piperidine rings is 1. The molecular weight excluding hydrogens is 340 g/mol. The molecule has 132 valence electrons. The molecule has 7 heteroatoms. The van der Waals surface area contributed by atoms with Crippen molar-refractivity contribution in [2.24, 2.45) is 0 Å². The zero-order valence-electron chi connectivity index (χ0n) is 13.8. The number of nitrogens with zero attached hydrogens (tertiary/aromatic N) is 2. The van der Waals surface area contributed by atoms with Crippen LogP contribution in [0, 0.1) is 0 Å². The second-order valence-electron chi connectivity index (χ2n) is 6.30. The van der Waals surface area contributed by atoms with Gasteiger partial charge < -0.3 is 9.47 Å². The molecule has 2 aliphatic rings. The smallest absolute Gasteiger partial charge is 0.243 e. The Morgan fingerprint density at radius 3 is 2.88 bits per heavy atom. The van der Waals surface area contributed by atoms with Crippen molar-refractivity contribution >= 4 is 10.0 Å². The summed E-state index contributed by atoms with van der Waals surface area (Å²) in [5.41, 5.74) is 0.961. The molecule has 25 heavy (non-hydrogen) atoms. The van der Waals surface area contributed by atoms with E-state index in [1.54, 1.807) is 42.7 Å². The van der Waals surface area contributed by atoms with Gasteiger partial charge in [-0.2, -0.15) is 4.31 Å². The van der Waals surface area contributed by atoms with Crippen LogP contribution < -0.4 is 9.47 Å². The van der Waals surface area contributed by atoms with Gasteiger partial charge in [0.15, 0.2) is 0 Å². The molecule has 0 amide bonds. The van der Waals surface area contributed by atoms with Crippen molar-refractivity contribution < 1.29 is 17.9 Å². The van der Waals surface area contributed by atoms with E-state index in [4.69, 9.17) is 9.47 Å². The lowest BCUT2D eigenvalue weighted by Crippen LogP contribution is -2.44. The van der Waals surface area contributed by atoms with E-state index in [1.807, 2.05) is 0 Å². The summed E-state index contributed by atoms with van der Waals surface area (Å²) in [6.07, 6.45) is 5.56. The lowest BCUT2D eigenvalue weighted by Gasteiger charge is -2.32. The van der Waals surface area contributed by atoms with Gasteiger partial charge in [-0.3, -0.25) is 4.98 Å². The topological polar surface area (TPSA) is 68.7 Å². The Balaban J connectivity index is 1.52. The highest BCUT2D eigenvalue weighted by Gasteiger charge is 2.32. The summed E-state index contributed by atoms with van der Waals surface area (Å²) in [5, 5.41) is 0. The first-order valence-corrected chi connectivity index (χ1v) is 9.89. The van der Waals surface area contributed by atoms with E-state index in [9.17, 15) is 8.42 Å². The van der Waals surface area contributed by atoms with Crippen molar-refractivity contribution in [2.75, 3.05) is 19.7 Å². The number of rotatable bonds is 4. The van der Waals surface area contributed by atoms with Crippen molar-refractivity contribution in [1.29, 1.82) is 0 Å². The number of fused-ring (bicyclic) bond motifs is 1. The Kier molecular flexibility index (Phi) is 4.35. The van der Waals surface area contributed by atoms with E-state index < -0.39 is 10.0 Å². The molecular formula is C18H20N2O4S. The van der Waals surface area contributed by atoms with Crippen LogP contribution in [0.1, 0.15) is 18.4 Å². The first-order chi connectivity index (χ1) is 12.1. The number of pyridine rings is 1. The highest BCUT2D eigenvalue weighted by Crippen LogP contribution is 2.30. The Bertz CT molecular complexity index is 855. The fourth-order valence-corrected chi connectivity index (χ4v) is 4.86. The molecule has 6 nitrogen and oxygen atoms in total. The van der Waals surface area contributed by atoms with Gasteiger partial charge in [0.25, 0.3) is 0 Å². The molecule has 4 rings (SSSR count). The van der Waals surface area contributed by atoms with Crippen LogP contribution in [-0.4, -0.2) is 43.5 Å². The third-order valence-corrected chi connectivity index (χ3v) is 6.45. The Morgan fingerprint density at radius 1 is 1.20 bits per heavy atom. The molecule has 0 saturated carbocycles. The van der Waals surface area contributed by atoms with Crippen molar-refractivity contribution in [1.82, 2.24) is 9.29 Å². The van der Waals surface area contributed by atoms with Crippen molar-refractivity contribution in [2.45, 2.75) is 30.3 Å². The molecule has 0 spiro atoms. The number of sulfonamides is 1. The van der Waals surface area contributed by atoms with Gasteiger partial charge in [-0.15, -0.1) is 0 Å². The normalized spacial score (nSPS) is 20.7. The van der Waals surface area contributed by atoms with Crippen LogP contribution in [0.4, 0.5) is 0 Å². The van der Waals surface area contributed by atoms with Gasteiger partial charge in [-0.25, -0.2) is 8.42 Å². The highest BCUT2D eigenvalue weighted by atomic mass is 32.2. The largest absolute Gasteiger partial charge is 0.493 e. The third kappa shape index (κ3) is 3.34. The maximum atomic E-state index is 13.0. The number of hydrogen-bond donors (Lipinski definition) is 0. The van der Waals surface area contributed by atoms with Gasteiger partial charge in [-0.05, 0) is 48.7 Å². The van der Waals surface area contributed by atoms with Crippen LogP contribution >= 0.6 is 0 Å². The monoisotopic (exact) mass is 360 g/mol. The molecule has 2 aliphatic heterocycles. The summed E-state index contributed by atoms with van der Waals surface area (Å²) in [7, 11) is -3.52. The average molecular weight is 360 g/mol. The van der Waals surface area contributed by atoms with Crippen molar-refractivity contribution in [3.8, 4) is 11.5 Å². The quantitative estimate of drug-likeness (QED) is 0.836. The van der Waals surface area contributed by atoms with Gasteiger partial charge in [0.2, 0.25) is 10.0 Å². The maximum Gasteiger partial charge on any atom is 0.243 e. The molecule has 1 unspecified atom stereocenters. The minimum atomic E-state index is -3.52. The molecule has 2 aromatic rings. The van der Waals surface area contributed by atoms with Crippen LogP contribution in [0.2, 0.25) is 0 Å². The molecule has 1 fully saturated rings. The standard InChI is InChI=1S/C18H20N2O4S/c21-25(22,17-3-4-18-14(12-17)7-11-23-18)20-10-1-2-16(13-20)24-15-5-8-19-9-6-15/h3-6,8-9,12,16H,1-2,7,10-11,13H2. The van der Waals surface area contributed by atoms with E-state index in [-0.39, 0.29) is 6.10 Å². The van der Waals surface area contributed by atoms with E-state index in [2.05, 4.69) is 4.98 Å². The number of ether oxygens (including phenoxy) is 2. The summed E-state index contributed by atoms with van der Waals surface area (Å²) in [6, 6.07) is 8.70. The van der Waals surface area contributed by atoms with Gasteiger partial charge in [0.1, 0.15) is 17.6 Å². The molecule has 3 heterocycles. The summed E-state index contributed by atoms with van der Waals surface area (Å²) in [4.78, 5) is 4.30. The van der Waals surface area contributed by atoms with Gasteiger partial charge in [-0.1, -0.05) is 0 Å². The Hall–Kier alpha value is -2.12. The SMILES string of the molecule is O=S(=O)(c1ccc2c(c1)CCO2)N1CCCC(Oc2ccncc2)C1. The minimum Gasteiger partial charge on any atom is -0.493 e. The Labute approximate surface area is 147 Å². The zero-order chi connectivity index (χ0) is 17.3. The van der Waals surface area contributed by atoms with Gasteiger partial charge in [0, 0.05) is 25.4 Å². The maximum absolute atomic E-state index is 13.0. The van der Waals surface area contributed by atoms with E-state index >= 15 is 0 Å². The first-order valence-electron chi connectivity index (χ1n) is 8.45. The molecule has 1 aromatic heterocycles. The second-order valence-corrected chi connectivity index (χ2v) is 8.23. The van der Waals surface area contributed by atoms with Gasteiger partial charge >= 0.3 is 0 Å². The lowest BCUT2D eigenvalue weighted by atomic mass is 10.1. The summed E-state index contributed by atoms with van der Waals surface area (Å²) < 4.78 is 38.9. The van der Waals surface area contributed by atoms with Crippen LogP contribution in [0.15, 0.2) is 47.6 Å². The van der Waals surface area contributed by atoms with Crippen LogP contribution in [0.3, 0.4) is 0 Å². The van der Waals surface area contributed by atoms with Gasteiger partial charge in [0.05, 0.1) is 18.0 Å². The molecule has 0 N–H and O–H groups in total.